The highest BCUT2D eigenvalue weighted by molar-refractivity contribution is 7.92. The molecule has 1 unspecified atom stereocenters. The Balaban J connectivity index is 2.74. The van der Waals surface area contributed by atoms with E-state index in [9.17, 15) is 13.2 Å². The van der Waals surface area contributed by atoms with Crippen LogP contribution in [-0.4, -0.2) is 26.1 Å². The van der Waals surface area contributed by atoms with E-state index in [2.05, 4.69) is 10.0 Å². The number of carbonyl (C=O) groups excluding carboxylic acids is 1. The van der Waals surface area contributed by atoms with Crippen molar-refractivity contribution in [2.45, 2.75) is 33.2 Å². The highest BCUT2D eigenvalue weighted by Gasteiger charge is 2.10. The number of nitrogens with one attached hydrogen (secondary N) is 2. The molecule has 0 bridgehead atoms. The van der Waals surface area contributed by atoms with Gasteiger partial charge in [0.2, 0.25) is 10.0 Å². The molecule has 2 N–H and O–H groups in total. The van der Waals surface area contributed by atoms with Crippen LogP contribution in [0.5, 0.6) is 0 Å². The van der Waals surface area contributed by atoms with Crippen LogP contribution in [0.3, 0.4) is 0 Å². The number of anilines is 1. The highest BCUT2D eigenvalue weighted by atomic mass is 32.2. The van der Waals surface area contributed by atoms with Gasteiger partial charge in [0, 0.05) is 17.3 Å². The minimum absolute atomic E-state index is 0.0171. The number of benzene rings is 1. The lowest BCUT2D eigenvalue weighted by Crippen LogP contribution is -2.31. The zero-order valence-electron chi connectivity index (χ0n) is 11.4. The molecule has 106 valence electrons. The second-order valence-corrected chi connectivity index (χ2v) is 6.38. The molecule has 1 aromatic rings. The van der Waals surface area contributed by atoms with Gasteiger partial charge in [0.1, 0.15) is 0 Å². The smallest absolute Gasteiger partial charge is 0.251 e. The molecule has 6 heteroatoms. The Morgan fingerprint density at radius 2 is 1.79 bits per heavy atom. The number of sulfonamides is 1. The summed E-state index contributed by atoms with van der Waals surface area (Å²) in [5.74, 6) is -0.136. The summed E-state index contributed by atoms with van der Waals surface area (Å²) < 4.78 is 25.2. The maximum Gasteiger partial charge on any atom is 0.251 e. The second-order valence-electron chi connectivity index (χ2n) is 4.37. The van der Waals surface area contributed by atoms with Crippen molar-refractivity contribution in [3.05, 3.63) is 29.8 Å². The monoisotopic (exact) mass is 284 g/mol. The number of hydrogen-bond acceptors (Lipinski definition) is 3. The van der Waals surface area contributed by atoms with Gasteiger partial charge in [-0.3, -0.25) is 9.52 Å². The molecule has 0 aliphatic rings. The van der Waals surface area contributed by atoms with Crippen LogP contribution in [0.2, 0.25) is 0 Å². The molecule has 0 aromatic heterocycles. The quantitative estimate of drug-likeness (QED) is 0.838. The predicted molar refractivity (Wildman–Crippen MR) is 76.7 cm³/mol. The van der Waals surface area contributed by atoms with Gasteiger partial charge in [-0.05, 0) is 44.5 Å². The van der Waals surface area contributed by atoms with E-state index in [1.165, 1.54) is 0 Å². The summed E-state index contributed by atoms with van der Waals surface area (Å²) in [6, 6.07) is 6.49. The first-order valence-corrected chi connectivity index (χ1v) is 7.94. The molecule has 0 radical (unpaired) electrons. The average molecular weight is 284 g/mol. The second kappa shape index (κ2) is 6.56. The van der Waals surface area contributed by atoms with E-state index < -0.39 is 10.0 Å². The van der Waals surface area contributed by atoms with Crippen LogP contribution >= 0.6 is 0 Å². The van der Waals surface area contributed by atoms with Crippen LogP contribution in [0, 0.1) is 0 Å². The number of carbonyl (C=O) groups is 1. The Labute approximate surface area is 114 Å². The van der Waals surface area contributed by atoms with Crippen molar-refractivity contribution >= 4 is 21.6 Å². The van der Waals surface area contributed by atoms with Crippen molar-refractivity contribution in [1.82, 2.24) is 5.32 Å². The van der Waals surface area contributed by atoms with E-state index in [0.29, 0.717) is 11.3 Å². The lowest BCUT2D eigenvalue weighted by Gasteiger charge is -2.12. The van der Waals surface area contributed by atoms with Crippen molar-refractivity contribution in [2.24, 2.45) is 0 Å². The van der Waals surface area contributed by atoms with Gasteiger partial charge in [-0.2, -0.15) is 0 Å². The fraction of sp³-hybridized carbons (Fsp3) is 0.462. The Morgan fingerprint density at radius 3 is 2.26 bits per heavy atom. The maximum absolute atomic E-state index is 11.8. The number of amides is 1. The Hall–Kier alpha value is -1.56. The standard InChI is InChI=1S/C13H20N2O3S/c1-4-10(3)14-13(16)11-6-8-12(9-7-11)15-19(17,18)5-2/h6-10,15H,4-5H2,1-3H3,(H,14,16). The molecule has 0 spiro atoms. The molecule has 1 atom stereocenters. The zero-order chi connectivity index (χ0) is 14.5. The average Bonchev–Trinajstić information content (AvgIpc) is 2.39. The normalized spacial score (nSPS) is 12.8. The van der Waals surface area contributed by atoms with Gasteiger partial charge in [-0.15, -0.1) is 0 Å². The van der Waals surface area contributed by atoms with Gasteiger partial charge in [0.25, 0.3) is 5.91 Å². The van der Waals surface area contributed by atoms with Gasteiger partial charge in [-0.25, -0.2) is 8.42 Å². The molecule has 1 amide bonds. The Bertz CT molecular complexity index is 523. The van der Waals surface area contributed by atoms with Crippen LogP contribution in [0.15, 0.2) is 24.3 Å². The first-order valence-electron chi connectivity index (χ1n) is 6.29. The van der Waals surface area contributed by atoms with E-state index in [1.54, 1.807) is 31.2 Å². The Kier molecular flexibility index (Phi) is 5.35. The molecular formula is C13H20N2O3S. The lowest BCUT2D eigenvalue weighted by molar-refractivity contribution is 0.0939. The number of rotatable bonds is 6. The van der Waals surface area contributed by atoms with Crippen molar-refractivity contribution in [3.63, 3.8) is 0 Å². The minimum atomic E-state index is -3.28. The summed E-state index contributed by atoms with van der Waals surface area (Å²) in [4.78, 5) is 11.8. The fourth-order valence-electron chi connectivity index (χ4n) is 1.35. The van der Waals surface area contributed by atoms with Gasteiger partial charge in [-0.1, -0.05) is 6.92 Å². The molecule has 5 nitrogen and oxygen atoms in total. The lowest BCUT2D eigenvalue weighted by atomic mass is 10.1. The third-order valence-corrected chi connectivity index (χ3v) is 4.10. The molecule has 0 aliphatic carbocycles. The fourth-order valence-corrected chi connectivity index (χ4v) is 1.99. The van der Waals surface area contributed by atoms with Crippen LogP contribution in [0.25, 0.3) is 0 Å². The molecule has 1 aromatic carbocycles. The Morgan fingerprint density at radius 1 is 1.21 bits per heavy atom. The summed E-state index contributed by atoms with van der Waals surface area (Å²) in [7, 11) is -3.28. The van der Waals surface area contributed by atoms with Gasteiger partial charge < -0.3 is 5.32 Å². The van der Waals surface area contributed by atoms with Gasteiger partial charge >= 0.3 is 0 Å². The van der Waals surface area contributed by atoms with Crippen molar-refractivity contribution in [2.75, 3.05) is 10.5 Å². The molecule has 0 fully saturated rings. The zero-order valence-corrected chi connectivity index (χ0v) is 12.3. The van der Waals surface area contributed by atoms with E-state index in [1.807, 2.05) is 13.8 Å². The topological polar surface area (TPSA) is 75.3 Å². The first kappa shape index (κ1) is 15.5. The summed E-state index contributed by atoms with van der Waals surface area (Å²) in [5, 5.41) is 2.85. The van der Waals surface area contributed by atoms with Crippen LogP contribution in [0.4, 0.5) is 5.69 Å². The van der Waals surface area contributed by atoms with Crippen LogP contribution in [0.1, 0.15) is 37.6 Å². The third-order valence-electron chi connectivity index (χ3n) is 2.79. The summed E-state index contributed by atoms with van der Waals surface area (Å²) in [6.07, 6.45) is 0.861. The van der Waals surface area contributed by atoms with Crippen molar-refractivity contribution in [1.29, 1.82) is 0 Å². The van der Waals surface area contributed by atoms with Crippen LogP contribution in [-0.2, 0) is 10.0 Å². The molecule has 0 saturated heterocycles. The van der Waals surface area contributed by atoms with Crippen molar-refractivity contribution in [3.8, 4) is 0 Å². The van der Waals surface area contributed by atoms with Crippen LogP contribution < -0.4 is 10.0 Å². The SMILES string of the molecule is CCC(C)NC(=O)c1ccc(NS(=O)(=O)CC)cc1. The minimum Gasteiger partial charge on any atom is -0.350 e. The van der Waals surface area contributed by atoms with Crippen molar-refractivity contribution < 1.29 is 13.2 Å². The molecular weight excluding hydrogens is 264 g/mol. The molecule has 0 saturated carbocycles. The highest BCUT2D eigenvalue weighted by Crippen LogP contribution is 2.11. The maximum atomic E-state index is 11.8. The third kappa shape index (κ3) is 4.90. The largest absolute Gasteiger partial charge is 0.350 e. The molecule has 0 heterocycles. The summed E-state index contributed by atoms with van der Waals surface area (Å²) >= 11 is 0. The van der Waals surface area contributed by atoms with E-state index in [0.717, 1.165) is 6.42 Å². The van der Waals surface area contributed by atoms with E-state index >= 15 is 0 Å². The molecule has 0 aliphatic heterocycles. The summed E-state index contributed by atoms with van der Waals surface area (Å²) in [5.41, 5.74) is 0.974. The molecule has 1 rings (SSSR count). The summed E-state index contributed by atoms with van der Waals surface area (Å²) in [6.45, 7) is 5.49. The molecule has 19 heavy (non-hydrogen) atoms. The van der Waals surface area contributed by atoms with Gasteiger partial charge in [0.15, 0.2) is 0 Å². The van der Waals surface area contributed by atoms with E-state index in [4.69, 9.17) is 0 Å². The van der Waals surface area contributed by atoms with E-state index in [-0.39, 0.29) is 17.7 Å². The first-order chi connectivity index (χ1) is 8.88. The van der Waals surface area contributed by atoms with Gasteiger partial charge in [0.05, 0.1) is 5.75 Å². The number of hydrogen-bond donors (Lipinski definition) is 2. The predicted octanol–water partition coefficient (Wildman–Crippen LogP) is 1.98.